The smallest absolute Gasteiger partial charge is 0.327 e. The van der Waals surface area contributed by atoms with Gasteiger partial charge in [0, 0.05) is 6.16 Å². The summed E-state index contributed by atoms with van der Waals surface area (Å²) in [5.74, 6) is 0. The molecule has 0 aromatic carbocycles. The van der Waals surface area contributed by atoms with E-state index in [4.69, 9.17) is 29.2 Å². The molecule has 0 aliphatic carbocycles. The van der Waals surface area contributed by atoms with Crippen molar-refractivity contribution in [2.75, 3.05) is 39.2 Å². The summed E-state index contributed by atoms with van der Waals surface area (Å²) in [7, 11) is -3.61. The van der Waals surface area contributed by atoms with E-state index in [0.717, 1.165) is 0 Å². The van der Waals surface area contributed by atoms with Crippen molar-refractivity contribution in [1.82, 2.24) is 0 Å². The Bertz CT molecular complexity index is 473. The van der Waals surface area contributed by atoms with Crippen molar-refractivity contribution in [3.8, 4) is 0 Å². The maximum Gasteiger partial charge on any atom is 0.327 e. The van der Waals surface area contributed by atoms with Crippen molar-refractivity contribution in [2.24, 2.45) is 5.73 Å². The largest absolute Gasteiger partial charge is 0.394 e. The van der Waals surface area contributed by atoms with Crippen LogP contribution in [0.25, 0.3) is 0 Å². The molecule has 0 aromatic heterocycles. The van der Waals surface area contributed by atoms with E-state index < -0.39 is 44.8 Å². The van der Waals surface area contributed by atoms with Gasteiger partial charge in [-0.25, -0.2) is 0 Å². The molecule has 1 rings (SSSR count). The molecule has 0 amide bonds. The number of nitrogens with two attached hydrogens (primary N) is 1. The van der Waals surface area contributed by atoms with Gasteiger partial charge in [0.25, 0.3) is 0 Å². The molecular weight excluding hydrogens is 381 g/mol. The van der Waals surface area contributed by atoms with Gasteiger partial charge < -0.3 is 44.3 Å². The van der Waals surface area contributed by atoms with Crippen molar-refractivity contribution >= 4 is 7.60 Å². The van der Waals surface area contributed by atoms with Crippen LogP contribution in [-0.4, -0.2) is 90.5 Å². The second-order valence-corrected chi connectivity index (χ2v) is 9.41. The molecule has 11 heteroatoms. The molecule has 0 aromatic rings. The van der Waals surface area contributed by atoms with Gasteiger partial charge in [-0.3, -0.25) is 4.57 Å². The molecule has 0 bridgehead atoms. The van der Waals surface area contributed by atoms with Crippen LogP contribution in [0.4, 0.5) is 0 Å². The average Bonchev–Trinajstić information content (AvgIpc) is 2.58. The first-order valence-corrected chi connectivity index (χ1v) is 10.8. The van der Waals surface area contributed by atoms with Crippen LogP contribution in [0.15, 0.2) is 0 Å². The van der Waals surface area contributed by atoms with Gasteiger partial charge in [-0.2, -0.15) is 0 Å². The predicted octanol–water partition coefficient (Wildman–Crippen LogP) is -0.169. The molecule has 10 nitrogen and oxygen atoms in total. The van der Waals surface area contributed by atoms with Crippen LogP contribution in [0.5, 0.6) is 0 Å². The van der Waals surface area contributed by atoms with Crippen LogP contribution in [0, 0.1) is 0 Å². The first-order valence-electron chi connectivity index (χ1n) is 9.04. The highest BCUT2D eigenvalue weighted by molar-refractivity contribution is 7.52. The molecule has 1 aliphatic rings. The molecule has 1 aliphatic heterocycles. The van der Waals surface area contributed by atoms with E-state index in [1.165, 1.54) is 6.92 Å². The highest BCUT2D eigenvalue weighted by atomic mass is 31.2. The lowest BCUT2D eigenvalue weighted by atomic mass is 9.97. The predicted molar refractivity (Wildman–Crippen MR) is 97.4 cm³/mol. The van der Waals surface area contributed by atoms with Gasteiger partial charge in [-0.05, 0) is 20.8 Å². The Kier molecular flexibility index (Phi) is 10.3. The Morgan fingerprint density at radius 1 is 1.15 bits per heavy atom. The summed E-state index contributed by atoms with van der Waals surface area (Å²) in [6.45, 7) is 7.21. The number of hydrogen-bond acceptors (Lipinski definition) is 9. The number of ether oxygens (including phenoxy) is 4. The van der Waals surface area contributed by atoms with E-state index in [2.05, 4.69) is 0 Å². The molecule has 0 saturated carbocycles. The quantitative estimate of drug-likeness (QED) is 0.265. The number of hydrogen-bond donors (Lipinski definition) is 4. The zero-order valence-corrected chi connectivity index (χ0v) is 17.3. The first kappa shape index (κ1) is 24.9. The van der Waals surface area contributed by atoms with Gasteiger partial charge in [-0.1, -0.05) is 6.92 Å². The lowest BCUT2D eigenvalue weighted by molar-refractivity contribution is -0.275. The Balaban J connectivity index is 2.55. The Labute approximate surface area is 160 Å². The standard InChI is InChI=1S/C16H34NO9P/c1-5-27(20,21)25-9-7-22-14-12(17)15(26-11(10-18)13(14)19)23-6-8-24-16(2,3)4/h11-15,18-19H,5-10,17H2,1-4H3,(H,20,21). The molecular formula is C16H34NO9P. The molecule has 0 radical (unpaired) electrons. The Morgan fingerprint density at radius 2 is 1.78 bits per heavy atom. The summed E-state index contributed by atoms with van der Waals surface area (Å²) in [5, 5.41) is 19.7. The van der Waals surface area contributed by atoms with Crippen LogP contribution < -0.4 is 5.73 Å². The maximum atomic E-state index is 11.4. The fourth-order valence-electron chi connectivity index (χ4n) is 2.42. The lowest BCUT2D eigenvalue weighted by Gasteiger charge is -2.42. The van der Waals surface area contributed by atoms with Crippen molar-refractivity contribution in [3.63, 3.8) is 0 Å². The van der Waals surface area contributed by atoms with Crippen molar-refractivity contribution in [1.29, 1.82) is 0 Å². The van der Waals surface area contributed by atoms with Crippen LogP contribution in [0.1, 0.15) is 27.7 Å². The highest BCUT2D eigenvalue weighted by Gasteiger charge is 2.44. The second kappa shape index (κ2) is 11.2. The summed E-state index contributed by atoms with van der Waals surface area (Å²) in [6, 6.07) is -0.829. The van der Waals surface area contributed by atoms with E-state index in [9.17, 15) is 19.7 Å². The van der Waals surface area contributed by atoms with Gasteiger partial charge >= 0.3 is 7.60 Å². The average molecular weight is 415 g/mol. The van der Waals surface area contributed by atoms with Gasteiger partial charge in [-0.15, -0.1) is 0 Å². The molecule has 162 valence electrons. The minimum absolute atomic E-state index is 0.00839. The molecule has 1 heterocycles. The van der Waals surface area contributed by atoms with Crippen LogP contribution in [0.3, 0.4) is 0 Å². The van der Waals surface area contributed by atoms with Crippen LogP contribution in [0.2, 0.25) is 0 Å². The monoisotopic (exact) mass is 415 g/mol. The minimum Gasteiger partial charge on any atom is -0.394 e. The van der Waals surface area contributed by atoms with Gasteiger partial charge in [0.05, 0.1) is 44.7 Å². The fraction of sp³-hybridized carbons (Fsp3) is 1.00. The van der Waals surface area contributed by atoms with E-state index >= 15 is 0 Å². The van der Waals surface area contributed by atoms with Crippen molar-refractivity contribution in [2.45, 2.75) is 63.9 Å². The zero-order valence-electron chi connectivity index (χ0n) is 16.4. The molecule has 0 spiro atoms. The summed E-state index contributed by atoms with van der Waals surface area (Å²) in [6.07, 6.45) is -3.91. The molecule has 1 saturated heterocycles. The Hall–Kier alpha value is -0.130. The molecule has 6 atom stereocenters. The number of rotatable bonds is 11. The fourth-order valence-corrected chi connectivity index (χ4v) is 2.96. The highest BCUT2D eigenvalue weighted by Crippen LogP contribution is 2.40. The summed E-state index contributed by atoms with van der Waals surface area (Å²) in [5.41, 5.74) is 5.78. The van der Waals surface area contributed by atoms with Gasteiger partial charge in [0.15, 0.2) is 6.29 Å². The lowest BCUT2D eigenvalue weighted by Crippen LogP contribution is -2.63. The first-order chi connectivity index (χ1) is 12.5. The zero-order chi connectivity index (χ0) is 20.7. The number of aliphatic hydroxyl groups excluding tert-OH is 2. The minimum atomic E-state index is -3.61. The third-order valence-electron chi connectivity index (χ3n) is 3.89. The maximum absolute atomic E-state index is 11.4. The van der Waals surface area contributed by atoms with E-state index in [0.29, 0.717) is 6.61 Å². The van der Waals surface area contributed by atoms with Gasteiger partial charge in [0.2, 0.25) is 0 Å². The van der Waals surface area contributed by atoms with E-state index in [1.807, 2.05) is 20.8 Å². The summed E-state index contributed by atoms with van der Waals surface area (Å²) < 4.78 is 38.5. The van der Waals surface area contributed by atoms with Crippen LogP contribution >= 0.6 is 7.60 Å². The summed E-state index contributed by atoms with van der Waals surface area (Å²) >= 11 is 0. The molecule has 5 N–H and O–H groups in total. The SMILES string of the molecule is CCP(=O)(O)OCCOC1C(N)C(OCCOC(C)(C)C)OC(CO)C1O. The summed E-state index contributed by atoms with van der Waals surface area (Å²) in [4.78, 5) is 9.38. The van der Waals surface area contributed by atoms with Crippen molar-refractivity contribution in [3.05, 3.63) is 0 Å². The third-order valence-corrected chi connectivity index (χ3v) is 5.27. The molecule has 1 fully saturated rings. The van der Waals surface area contributed by atoms with Gasteiger partial charge in [0.1, 0.15) is 18.3 Å². The van der Waals surface area contributed by atoms with E-state index in [1.54, 1.807) is 0 Å². The van der Waals surface area contributed by atoms with Crippen molar-refractivity contribution < 1.29 is 43.1 Å². The number of aliphatic hydroxyl groups is 2. The van der Waals surface area contributed by atoms with Crippen LogP contribution in [-0.2, 0) is 28.0 Å². The van der Waals surface area contributed by atoms with E-state index in [-0.39, 0.29) is 31.6 Å². The second-order valence-electron chi connectivity index (χ2n) is 7.25. The normalized spacial score (nSPS) is 31.6. The topological polar surface area (TPSA) is 150 Å². The molecule has 27 heavy (non-hydrogen) atoms. The third kappa shape index (κ3) is 8.82. The Morgan fingerprint density at radius 3 is 2.33 bits per heavy atom. The molecule has 6 unspecified atom stereocenters.